The Bertz CT molecular complexity index is 201. The van der Waals surface area contributed by atoms with Crippen molar-refractivity contribution < 1.29 is 6.22 Å². The molecule has 68 valence electrons. The molecule has 2 heteroatoms. The second-order valence-corrected chi connectivity index (χ2v) is 2.34. The molecule has 0 bridgehead atoms. The monoisotopic (exact) mass is 167 g/mol. The molecule has 0 heterocycles. The highest BCUT2D eigenvalue weighted by atomic mass is 16.1. The predicted octanol–water partition coefficient (Wildman–Crippen LogP) is 2.92. The van der Waals surface area contributed by atoms with Crippen LogP contribution in [0.15, 0.2) is 30.3 Å². The van der Waals surface area contributed by atoms with E-state index in [0.717, 1.165) is 5.69 Å². The number of hydrogen-bond acceptors (Lipinski definition) is 1. The van der Waals surface area contributed by atoms with Gasteiger partial charge in [-0.3, -0.25) is 4.79 Å². The van der Waals surface area contributed by atoms with Crippen LogP contribution in [0.3, 0.4) is 0 Å². The SMILES string of the molecule is CCC.O=CNc1ccccc1.[HH]. The average molecular weight is 167 g/mol. The lowest BCUT2D eigenvalue weighted by molar-refractivity contribution is -0.105. The number of rotatable bonds is 2. The van der Waals surface area contributed by atoms with Crippen molar-refractivity contribution >= 4 is 12.1 Å². The van der Waals surface area contributed by atoms with Gasteiger partial charge in [0.25, 0.3) is 0 Å². The Morgan fingerprint density at radius 3 is 2.25 bits per heavy atom. The predicted molar refractivity (Wildman–Crippen MR) is 54.2 cm³/mol. The Morgan fingerprint density at radius 1 is 1.33 bits per heavy atom. The average Bonchev–Trinajstić information content (AvgIpc) is 2.08. The number of nitrogens with one attached hydrogen (secondary N) is 1. The molecule has 0 aromatic heterocycles. The van der Waals surface area contributed by atoms with E-state index < -0.39 is 0 Å². The molecule has 0 saturated heterocycles. The Hall–Kier alpha value is -1.31. The number of benzene rings is 1. The normalized spacial score (nSPS) is 7.83. The minimum atomic E-state index is 0. The van der Waals surface area contributed by atoms with E-state index >= 15 is 0 Å². The molecule has 0 fully saturated rings. The van der Waals surface area contributed by atoms with E-state index in [1.807, 2.05) is 30.3 Å². The summed E-state index contributed by atoms with van der Waals surface area (Å²) in [5.41, 5.74) is 0.826. The van der Waals surface area contributed by atoms with Crippen molar-refractivity contribution in [2.75, 3.05) is 5.32 Å². The van der Waals surface area contributed by atoms with E-state index in [2.05, 4.69) is 19.2 Å². The van der Waals surface area contributed by atoms with Crippen molar-refractivity contribution in [1.82, 2.24) is 0 Å². The molecular weight excluding hydrogens is 150 g/mol. The third-order valence-electron chi connectivity index (χ3n) is 0.999. The number of anilines is 1. The molecule has 12 heavy (non-hydrogen) atoms. The fourth-order valence-corrected chi connectivity index (χ4v) is 0.602. The van der Waals surface area contributed by atoms with Gasteiger partial charge in [0.1, 0.15) is 0 Å². The quantitative estimate of drug-likeness (QED) is 0.674. The van der Waals surface area contributed by atoms with Crippen LogP contribution >= 0.6 is 0 Å². The first-order valence-electron chi connectivity index (χ1n) is 4.10. The van der Waals surface area contributed by atoms with Crippen LogP contribution in [0.1, 0.15) is 21.7 Å². The van der Waals surface area contributed by atoms with Crippen molar-refractivity contribution in [3.8, 4) is 0 Å². The summed E-state index contributed by atoms with van der Waals surface area (Å²) in [5, 5.41) is 2.53. The minimum absolute atomic E-state index is 0. The first-order valence-corrected chi connectivity index (χ1v) is 4.10. The Labute approximate surface area is 75.1 Å². The first-order chi connectivity index (χ1) is 5.85. The summed E-state index contributed by atoms with van der Waals surface area (Å²) in [6, 6.07) is 9.29. The highest BCUT2D eigenvalue weighted by Crippen LogP contribution is 2.01. The minimum Gasteiger partial charge on any atom is -0.329 e. The van der Waals surface area contributed by atoms with Gasteiger partial charge >= 0.3 is 0 Å². The van der Waals surface area contributed by atoms with Crippen LogP contribution in [0.25, 0.3) is 0 Å². The molecule has 0 aliphatic carbocycles. The van der Waals surface area contributed by atoms with Crippen LogP contribution in [-0.2, 0) is 4.79 Å². The molecule has 0 radical (unpaired) electrons. The second kappa shape index (κ2) is 7.79. The molecule has 1 aromatic rings. The van der Waals surface area contributed by atoms with Crippen molar-refractivity contribution in [2.45, 2.75) is 20.3 Å². The van der Waals surface area contributed by atoms with Crippen LogP contribution in [0.5, 0.6) is 0 Å². The molecule has 1 amide bonds. The summed E-state index contributed by atoms with van der Waals surface area (Å²) in [5.74, 6) is 0. The third kappa shape index (κ3) is 5.47. The molecule has 1 aromatic carbocycles. The van der Waals surface area contributed by atoms with Crippen LogP contribution < -0.4 is 5.32 Å². The zero-order valence-corrected chi connectivity index (χ0v) is 7.58. The Balaban J connectivity index is 0. The number of para-hydroxylation sites is 1. The number of hydrogen-bond donors (Lipinski definition) is 1. The van der Waals surface area contributed by atoms with E-state index in [1.54, 1.807) is 0 Å². The van der Waals surface area contributed by atoms with Crippen LogP contribution in [0.4, 0.5) is 5.69 Å². The fraction of sp³-hybridized carbons (Fsp3) is 0.300. The largest absolute Gasteiger partial charge is 0.329 e. The van der Waals surface area contributed by atoms with Gasteiger partial charge in [-0.25, -0.2) is 0 Å². The van der Waals surface area contributed by atoms with Crippen molar-refractivity contribution in [2.24, 2.45) is 0 Å². The summed E-state index contributed by atoms with van der Waals surface area (Å²) in [6.07, 6.45) is 1.91. The van der Waals surface area contributed by atoms with Crippen molar-refractivity contribution in [3.05, 3.63) is 30.3 Å². The molecule has 0 unspecified atom stereocenters. The molecule has 0 aliphatic heterocycles. The molecule has 0 aliphatic rings. The second-order valence-electron chi connectivity index (χ2n) is 2.34. The maximum atomic E-state index is 9.86. The Kier molecular flexibility index (Phi) is 6.94. The van der Waals surface area contributed by atoms with Gasteiger partial charge in [0, 0.05) is 7.11 Å². The molecule has 2 nitrogen and oxygen atoms in total. The zero-order valence-electron chi connectivity index (χ0n) is 7.58. The summed E-state index contributed by atoms with van der Waals surface area (Å²) in [7, 11) is 0. The van der Waals surface area contributed by atoms with Gasteiger partial charge in [-0.1, -0.05) is 38.5 Å². The van der Waals surface area contributed by atoms with E-state index in [4.69, 9.17) is 0 Å². The standard InChI is InChI=1S/C7H7NO.C3H8.H2/c9-6-8-7-4-2-1-3-5-7;1-3-2;/h1-6H,(H,8,9);3H2,1-2H3;1H. The van der Waals surface area contributed by atoms with E-state index in [9.17, 15) is 4.79 Å². The number of carbonyl (C=O) groups is 1. The highest BCUT2D eigenvalue weighted by Gasteiger charge is 1.81. The lowest BCUT2D eigenvalue weighted by atomic mass is 10.3. The first kappa shape index (κ1) is 10.7. The molecule has 0 atom stereocenters. The maximum absolute atomic E-state index is 9.86. The van der Waals surface area contributed by atoms with Crippen molar-refractivity contribution in [3.63, 3.8) is 0 Å². The van der Waals surface area contributed by atoms with Gasteiger partial charge in [-0.2, -0.15) is 0 Å². The van der Waals surface area contributed by atoms with Gasteiger partial charge in [-0.15, -0.1) is 0 Å². The highest BCUT2D eigenvalue weighted by molar-refractivity contribution is 5.70. The van der Waals surface area contributed by atoms with Crippen LogP contribution in [0, 0.1) is 0 Å². The summed E-state index contributed by atoms with van der Waals surface area (Å²) in [6.45, 7) is 4.25. The zero-order chi connectivity index (χ0) is 9.23. The number of carbonyl (C=O) groups excluding carboxylic acids is 1. The van der Waals surface area contributed by atoms with Gasteiger partial charge in [0.2, 0.25) is 6.41 Å². The Morgan fingerprint density at radius 2 is 1.83 bits per heavy atom. The van der Waals surface area contributed by atoms with E-state index in [0.29, 0.717) is 6.41 Å². The smallest absolute Gasteiger partial charge is 0.211 e. The van der Waals surface area contributed by atoms with E-state index in [-0.39, 0.29) is 1.43 Å². The molecular formula is C10H17NO. The van der Waals surface area contributed by atoms with Crippen LogP contribution in [-0.4, -0.2) is 6.41 Å². The summed E-state index contributed by atoms with van der Waals surface area (Å²) < 4.78 is 0. The van der Waals surface area contributed by atoms with Crippen molar-refractivity contribution in [1.29, 1.82) is 0 Å². The third-order valence-corrected chi connectivity index (χ3v) is 0.999. The molecule has 1 rings (SSSR count). The summed E-state index contributed by atoms with van der Waals surface area (Å²) >= 11 is 0. The lowest BCUT2D eigenvalue weighted by Gasteiger charge is -1.93. The van der Waals surface area contributed by atoms with E-state index in [1.165, 1.54) is 6.42 Å². The number of amides is 1. The lowest BCUT2D eigenvalue weighted by Crippen LogP contribution is -1.91. The maximum Gasteiger partial charge on any atom is 0.211 e. The fourth-order valence-electron chi connectivity index (χ4n) is 0.602. The van der Waals surface area contributed by atoms with Crippen LogP contribution in [0.2, 0.25) is 0 Å². The van der Waals surface area contributed by atoms with Gasteiger partial charge in [-0.05, 0) is 12.1 Å². The van der Waals surface area contributed by atoms with Gasteiger partial charge in [0.15, 0.2) is 0 Å². The van der Waals surface area contributed by atoms with Gasteiger partial charge < -0.3 is 5.32 Å². The van der Waals surface area contributed by atoms with Gasteiger partial charge in [0.05, 0.1) is 0 Å². The summed E-state index contributed by atoms with van der Waals surface area (Å²) in [4.78, 5) is 9.86. The molecule has 0 spiro atoms. The molecule has 0 saturated carbocycles. The molecule has 1 N–H and O–H groups in total. The topological polar surface area (TPSA) is 29.1 Å².